The van der Waals surface area contributed by atoms with Gasteiger partial charge in [-0.15, -0.1) is 0 Å². The number of halogens is 2. The zero-order valence-corrected chi connectivity index (χ0v) is 37.6. The Morgan fingerprint density at radius 1 is 0.532 bits per heavy atom. The Morgan fingerprint density at radius 3 is 1.31 bits per heavy atom. The number of rotatable bonds is 14. The summed E-state index contributed by atoms with van der Waals surface area (Å²) < 4.78 is 34.1. The van der Waals surface area contributed by atoms with E-state index in [1.54, 1.807) is 40.6 Å². The number of likely N-dealkylation sites (tertiary alicyclic amines) is 2. The molecule has 0 atom stereocenters. The van der Waals surface area contributed by atoms with Crippen molar-refractivity contribution in [3.63, 3.8) is 0 Å². The van der Waals surface area contributed by atoms with Crippen molar-refractivity contribution in [2.75, 3.05) is 92.6 Å². The summed E-state index contributed by atoms with van der Waals surface area (Å²) in [5.41, 5.74) is 2.91. The number of ether oxygens (including phenoxy) is 6. The van der Waals surface area contributed by atoms with Crippen LogP contribution >= 0.6 is 23.2 Å². The summed E-state index contributed by atoms with van der Waals surface area (Å²) in [6, 6.07) is 18.4. The summed E-state index contributed by atoms with van der Waals surface area (Å²) in [5.74, 6) is 6.44. The van der Waals surface area contributed by atoms with Gasteiger partial charge in [0.1, 0.15) is 35.8 Å². The van der Waals surface area contributed by atoms with E-state index in [2.05, 4.69) is 54.5 Å². The minimum absolute atomic E-state index is 0.550. The Kier molecular flexibility index (Phi) is 15.1. The number of hydrogen-bond donors (Lipinski definition) is 2. The van der Waals surface area contributed by atoms with Crippen LogP contribution in [0.25, 0.3) is 21.8 Å². The molecule has 8 rings (SSSR count). The second-order valence-corrected chi connectivity index (χ2v) is 16.4. The quantitative estimate of drug-likeness (QED) is 0.107. The van der Waals surface area contributed by atoms with Crippen molar-refractivity contribution >= 4 is 68.0 Å². The van der Waals surface area contributed by atoms with Gasteiger partial charge in [0, 0.05) is 35.0 Å². The third-order valence-corrected chi connectivity index (χ3v) is 12.0. The van der Waals surface area contributed by atoms with Crippen molar-refractivity contribution in [1.29, 1.82) is 0 Å². The molecule has 6 aromatic rings. The largest absolute Gasteiger partial charge is 0.497 e. The summed E-state index contributed by atoms with van der Waals surface area (Å²) in [6.45, 7) is 5.78. The molecule has 62 heavy (non-hydrogen) atoms. The van der Waals surface area contributed by atoms with Crippen LogP contribution in [0.4, 0.5) is 23.0 Å². The molecule has 0 saturated carbocycles. The highest BCUT2D eigenvalue weighted by Crippen LogP contribution is 2.39. The van der Waals surface area contributed by atoms with Crippen LogP contribution < -0.4 is 39.1 Å². The number of nitrogens with one attached hydrogen (secondary N) is 2. The summed E-state index contributed by atoms with van der Waals surface area (Å²) in [7, 11) is 10.8. The van der Waals surface area contributed by atoms with E-state index in [0.29, 0.717) is 92.6 Å². The number of piperidine rings is 2. The molecule has 0 spiro atoms. The van der Waals surface area contributed by atoms with Gasteiger partial charge in [-0.25, -0.2) is 19.9 Å². The fourth-order valence-corrected chi connectivity index (χ4v) is 7.78. The fraction of sp³-hybridized carbons (Fsp3) is 0.391. The Morgan fingerprint density at radius 2 is 0.935 bits per heavy atom. The van der Waals surface area contributed by atoms with E-state index in [1.165, 1.54) is 12.7 Å². The second-order valence-electron chi connectivity index (χ2n) is 15.5. The van der Waals surface area contributed by atoms with Crippen molar-refractivity contribution in [2.45, 2.75) is 25.7 Å². The lowest BCUT2D eigenvalue weighted by Crippen LogP contribution is -2.32. The molecule has 16 heteroatoms. The molecular weight excluding hydrogens is 831 g/mol. The normalized spacial score (nSPS) is 15.1. The molecule has 0 radical (unpaired) electrons. The number of anilines is 4. The van der Waals surface area contributed by atoms with Crippen molar-refractivity contribution in [3.8, 4) is 34.5 Å². The van der Waals surface area contributed by atoms with Crippen molar-refractivity contribution in [2.24, 2.45) is 11.8 Å². The molecule has 328 valence electrons. The van der Waals surface area contributed by atoms with Crippen LogP contribution in [-0.4, -0.2) is 112 Å². The maximum atomic E-state index is 6.35. The van der Waals surface area contributed by atoms with Gasteiger partial charge in [-0.3, -0.25) is 0 Å². The maximum Gasteiger partial charge on any atom is 0.163 e. The minimum atomic E-state index is 0.550. The lowest BCUT2D eigenvalue weighted by Gasteiger charge is -2.28. The topological polar surface area (TPSA) is 137 Å². The predicted molar refractivity (Wildman–Crippen MR) is 246 cm³/mol. The molecule has 2 aliphatic rings. The van der Waals surface area contributed by atoms with Crippen molar-refractivity contribution < 1.29 is 28.4 Å². The smallest absolute Gasteiger partial charge is 0.163 e. The molecule has 2 N–H and O–H groups in total. The first kappa shape index (κ1) is 44.5. The molecule has 2 aromatic heterocycles. The second kappa shape index (κ2) is 21.0. The van der Waals surface area contributed by atoms with Crippen LogP contribution in [0, 0.1) is 11.8 Å². The number of nitrogens with zero attached hydrogens (tertiary/aromatic N) is 6. The number of aromatic nitrogens is 4. The Hall–Kier alpha value is -5.54. The number of methoxy groups -OCH3 is 4. The number of benzene rings is 4. The van der Waals surface area contributed by atoms with E-state index < -0.39 is 0 Å². The Bertz CT molecular complexity index is 2280. The molecular formula is C46H54Cl2N8O6. The zero-order valence-electron chi connectivity index (χ0n) is 36.0. The summed E-state index contributed by atoms with van der Waals surface area (Å²) in [4.78, 5) is 22.4. The van der Waals surface area contributed by atoms with E-state index in [1.807, 2.05) is 48.5 Å². The van der Waals surface area contributed by atoms with Gasteiger partial charge in [-0.2, -0.15) is 0 Å². The molecule has 0 unspecified atom stereocenters. The van der Waals surface area contributed by atoms with E-state index in [4.69, 9.17) is 51.6 Å². The molecule has 2 saturated heterocycles. The van der Waals surface area contributed by atoms with Crippen LogP contribution in [0.15, 0.2) is 73.3 Å². The lowest BCUT2D eigenvalue weighted by atomic mass is 9.98. The maximum absolute atomic E-state index is 6.35. The average molecular weight is 886 g/mol. The number of fused-ring (bicyclic) bond motifs is 2. The standard InChI is InChI=1S/2C23H27ClN4O3/c2*1-28-8-6-15(7-9-28)13-31-22-12-19-17(11-21(22)30-3)23(26-14-25-19)27-20-10-16(29-2)4-5-18(20)24/h2*4-5,10-12,14-15H,6-9,13H2,1-3H3,(H,25,26,27). The van der Waals surface area contributed by atoms with Crippen LogP contribution in [0.2, 0.25) is 10.0 Å². The van der Waals surface area contributed by atoms with Crippen LogP contribution in [-0.2, 0) is 0 Å². The van der Waals surface area contributed by atoms with Gasteiger partial charge in [0.15, 0.2) is 23.0 Å². The lowest BCUT2D eigenvalue weighted by molar-refractivity contribution is 0.157. The third-order valence-electron chi connectivity index (χ3n) is 11.3. The molecule has 0 bridgehead atoms. The third kappa shape index (κ3) is 11.1. The minimum Gasteiger partial charge on any atom is -0.497 e. The predicted octanol–water partition coefficient (Wildman–Crippen LogP) is 9.53. The first-order valence-corrected chi connectivity index (χ1v) is 21.4. The number of hydrogen-bond acceptors (Lipinski definition) is 14. The summed E-state index contributed by atoms with van der Waals surface area (Å²) in [6.07, 6.45) is 7.61. The monoisotopic (exact) mass is 884 g/mol. The zero-order chi connectivity index (χ0) is 43.6. The first-order chi connectivity index (χ1) is 30.1. The summed E-state index contributed by atoms with van der Waals surface area (Å²) in [5, 5.41) is 9.32. The van der Waals surface area contributed by atoms with Gasteiger partial charge < -0.3 is 48.9 Å². The van der Waals surface area contributed by atoms with Gasteiger partial charge in [0.25, 0.3) is 0 Å². The van der Waals surface area contributed by atoms with Gasteiger partial charge in [-0.1, -0.05) is 23.2 Å². The van der Waals surface area contributed by atoms with Crippen LogP contribution in [0.3, 0.4) is 0 Å². The van der Waals surface area contributed by atoms with E-state index in [9.17, 15) is 0 Å². The van der Waals surface area contributed by atoms with E-state index in [-0.39, 0.29) is 0 Å². The molecule has 14 nitrogen and oxygen atoms in total. The summed E-state index contributed by atoms with van der Waals surface area (Å²) >= 11 is 12.7. The Labute approximate surface area is 372 Å². The highest BCUT2D eigenvalue weighted by molar-refractivity contribution is 6.33. The average Bonchev–Trinajstić information content (AvgIpc) is 3.29. The Balaban J connectivity index is 0.000000186. The van der Waals surface area contributed by atoms with Gasteiger partial charge in [-0.05, 0) is 114 Å². The van der Waals surface area contributed by atoms with Gasteiger partial charge in [0.05, 0.1) is 74.1 Å². The van der Waals surface area contributed by atoms with Gasteiger partial charge in [0.2, 0.25) is 0 Å². The fourth-order valence-electron chi connectivity index (χ4n) is 7.45. The molecule has 0 aliphatic carbocycles. The highest BCUT2D eigenvalue weighted by atomic mass is 35.5. The highest BCUT2D eigenvalue weighted by Gasteiger charge is 2.21. The molecule has 4 aromatic carbocycles. The van der Waals surface area contributed by atoms with E-state index >= 15 is 0 Å². The molecule has 2 aliphatic heterocycles. The van der Waals surface area contributed by atoms with Crippen LogP contribution in [0.5, 0.6) is 34.5 Å². The molecule has 4 heterocycles. The molecule has 2 fully saturated rings. The SMILES string of the molecule is COc1ccc(Cl)c(Nc2ncnc3cc(OCC4CCN(C)CC4)c(OC)cc23)c1.COc1ccc(Cl)c(Nc2ncnc3cc(OCC4CCN(C)CC4)c(OC)cc23)c1. The first-order valence-electron chi connectivity index (χ1n) is 20.6. The molecule has 0 amide bonds. The van der Waals surface area contributed by atoms with E-state index in [0.717, 1.165) is 73.7 Å². The van der Waals surface area contributed by atoms with Crippen LogP contribution in [0.1, 0.15) is 25.7 Å². The van der Waals surface area contributed by atoms with Crippen molar-refractivity contribution in [3.05, 3.63) is 83.4 Å². The van der Waals surface area contributed by atoms with Gasteiger partial charge >= 0.3 is 0 Å². The van der Waals surface area contributed by atoms with Crippen molar-refractivity contribution in [1.82, 2.24) is 29.7 Å².